The molecule has 0 rings (SSSR count). The van der Waals surface area contributed by atoms with Gasteiger partial charge in [0.2, 0.25) is 0 Å². The maximum absolute atomic E-state index is 11.5. The lowest BCUT2D eigenvalue weighted by Crippen LogP contribution is -2.46. The molecular formula is C12H24N2O4. The average Bonchev–Trinajstić information content (AvgIpc) is 2.26. The van der Waals surface area contributed by atoms with Crippen molar-refractivity contribution < 1.29 is 19.4 Å². The van der Waals surface area contributed by atoms with E-state index in [-0.39, 0.29) is 18.5 Å². The standard InChI is InChI=1S/C12H24N2O4/c1-9(6-5-7-10(15)16)14-11(17)13-8-12(2,3)18-4/h9H,5-8H2,1-4H3,(H,15,16)(H2,13,14,17). The number of hydrogen-bond acceptors (Lipinski definition) is 3. The van der Waals surface area contributed by atoms with E-state index in [0.29, 0.717) is 19.4 Å². The van der Waals surface area contributed by atoms with Crippen LogP contribution in [0.15, 0.2) is 0 Å². The Balaban J connectivity index is 3.77. The topological polar surface area (TPSA) is 87.7 Å². The van der Waals surface area contributed by atoms with Crippen LogP contribution in [0.3, 0.4) is 0 Å². The van der Waals surface area contributed by atoms with E-state index in [0.717, 1.165) is 0 Å². The first-order chi connectivity index (χ1) is 8.26. The molecule has 6 nitrogen and oxygen atoms in total. The normalized spacial score (nSPS) is 12.9. The van der Waals surface area contributed by atoms with Gasteiger partial charge < -0.3 is 20.5 Å². The summed E-state index contributed by atoms with van der Waals surface area (Å²) >= 11 is 0. The Kier molecular flexibility index (Phi) is 7.35. The highest BCUT2D eigenvalue weighted by molar-refractivity contribution is 5.74. The zero-order chi connectivity index (χ0) is 14.2. The number of carboxylic acids is 1. The molecule has 0 heterocycles. The van der Waals surface area contributed by atoms with Gasteiger partial charge in [0.05, 0.1) is 5.60 Å². The fourth-order valence-electron chi connectivity index (χ4n) is 1.27. The van der Waals surface area contributed by atoms with Gasteiger partial charge in [-0.15, -0.1) is 0 Å². The number of carboxylic acid groups (broad SMARTS) is 1. The van der Waals surface area contributed by atoms with Gasteiger partial charge in [-0.25, -0.2) is 4.79 Å². The van der Waals surface area contributed by atoms with Crippen LogP contribution in [-0.2, 0) is 9.53 Å². The molecule has 1 atom stereocenters. The van der Waals surface area contributed by atoms with Crippen molar-refractivity contribution in [2.75, 3.05) is 13.7 Å². The first-order valence-corrected chi connectivity index (χ1v) is 6.08. The van der Waals surface area contributed by atoms with E-state index in [1.807, 2.05) is 20.8 Å². The number of methoxy groups -OCH3 is 1. The summed E-state index contributed by atoms with van der Waals surface area (Å²) < 4.78 is 5.18. The molecule has 0 aliphatic heterocycles. The summed E-state index contributed by atoms with van der Waals surface area (Å²) in [6, 6.07) is -0.307. The first-order valence-electron chi connectivity index (χ1n) is 6.08. The second-order valence-electron chi connectivity index (χ2n) is 4.98. The minimum atomic E-state index is -0.812. The molecule has 0 aromatic rings. The van der Waals surface area contributed by atoms with Gasteiger partial charge in [0.15, 0.2) is 0 Å². The Bertz CT molecular complexity index is 279. The van der Waals surface area contributed by atoms with Crippen molar-refractivity contribution in [3.8, 4) is 0 Å². The molecule has 1 unspecified atom stereocenters. The highest BCUT2D eigenvalue weighted by Gasteiger charge is 2.17. The fourth-order valence-corrected chi connectivity index (χ4v) is 1.27. The van der Waals surface area contributed by atoms with Crippen LogP contribution in [0.25, 0.3) is 0 Å². The molecule has 2 amide bonds. The molecule has 0 radical (unpaired) electrons. The van der Waals surface area contributed by atoms with Gasteiger partial charge in [-0.2, -0.15) is 0 Å². The molecule has 6 heteroatoms. The number of hydrogen-bond donors (Lipinski definition) is 3. The molecule has 0 bridgehead atoms. The molecule has 0 saturated carbocycles. The predicted octanol–water partition coefficient (Wildman–Crippen LogP) is 1.35. The van der Waals surface area contributed by atoms with Crippen molar-refractivity contribution in [1.29, 1.82) is 0 Å². The number of aliphatic carboxylic acids is 1. The molecule has 18 heavy (non-hydrogen) atoms. The van der Waals surface area contributed by atoms with Crippen molar-refractivity contribution in [3.05, 3.63) is 0 Å². The van der Waals surface area contributed by atoms with Crippen molar-refractivity contribution in [1.82, 2.24) is 10.6 Å². The SMILES string of the molecule is COC(C)(C)CNC(=O)NC(C)CCCC(=O)O. The van der Waals surface area contributed by atoms with Gasteiger partial charge in [-0.05, 0) is 33.6 Å². The minimum absolute atomic E-state index is 0.0463. The summed E-state index contributed by atoms with van der Waals surface area (Å²) in [5, 5.41) is 14.0. The van der Waals surface area contributed by atoms with Gasteiger partial charge in [0.25, 0.3) is 0 Å². The lowest BCUT2D eigenvalue weighted by Gasteiger charge is -2.24. The van der Waals surface area contributed by atoms with E-state index in [4.69, 9.17) is 9.84 Å². The first kappa shape index (κ1) is 16.7. The van der Waals surface area contributed by atoms with Crippen molar-refractivity contribution in [2.24, 2.45) is 0 Å². The Hall–Kier alpha value is -1.30. The largest absolute Gasteiger partial charge is 0.481 e. The molecule has 0 saturated heterocycles. The number of carbonyl (C=O) groups excluding carboxylic acids is 1. The van der Waals surface area contributed by atoms with E-state index in [1.54, 1.807) is 7.11 Å². The van der Waals surface area contributed by atoms with E-state index in [2.05, 4.69) is 10.6 Å². The van der Waals surface area contributed by atoms with Crippen LogP contribution < -0.4 is 10.6 Å². The van der Waals surface area contributed by atoms with Gasteiger partial charge in [0.1, 0.15) is 0 Å². The van der Waals surface area contributed by atoms with Crippen LogP contribution in [0.1, 0.15) is 40.0 Å². The number of carbonyl (C=O) groups is 2. The van der Waals surface area contributed by atoms with Crippen LogP contribution in [-0.4, -0.2) is 42.4 Å². The van der Waals surface area contributed by atoms with Gasteiger partial charge in [-0.1, -0.05) is 0 Å². The Morgan fingerprint density at radius 2 is 2.00 bits per heavy atom. The molecule has 0 spiro atoms. The van der Waals surface area contributed by atoms with Crippen LogP contribution in [0, 0.1) is 0 Å². The van der Waals surface area contributed by atoms with Crippen LogP contribution in [0.2, 0.25) is 0 Å². The zero-order valence-electron chi connectivity index (χ0n) is 11.6. The number of ether oxygens (including phenoxy) is 1. The molecule has 0 aromatic carbocycles. The lowest BCUT2D eigenvalue weighted by molar-refractivity contribution is -0.137. The molecule has 0 fully saturated rings. The van der Waals surface area contributed by atoms with Gasteiger partial charge >= 0.3 is 12.0 Å². The third-order valence-electron chi connectivity index (χ3n) is 2.63. The van der Waals surface area contributed by atoms with Crippen molar-refractivity contribution in [3.63, 3.8) is 0 Å². The van der Waals surface area contributed by atoms with E-state index >= 15 is 0 Å². The van der Waals surface area contributed by atoms with Crippen LogP contribution in [0.5, 0.6) is 0 Å². The van der Waals surface area contributed by atoms with Gasteiger partial charge in [-0.3, -0.25) is 4.79 Å². The number of rotatable bonds is 8. The van der Waals surface area contributed by atoms with Crippen molar-refractivity contribution >= 4 is 12.0 Å². The van der Waals surface area contributed by atoms with E-state index in [1.165, 1.54) is 0 Å². The molecule has 3 N–H and O–H groups in total. The predicted molar refractivity (Wildman–Crippen MR) is 68.6 cm³/mol. The highest BCUT2D eigenvalue weighted by atomic mass is 16.5. The van der Waals surface area contributed by atoms with E-state index in [9.17, 15) is 9.59 Å². The Morgan fingerprint density at radius 1 is 1.39 bits per heavy atom. The summed E-state index contributed by atoms with van der Waals surface area (Å²) in [4.78, 5) is 21.9. The molecule has 0 aromatic heterocycles. The molecular weight excluding hydrogens is 236 g/mol. The number of nitrogens with one attached hydrogen (secondary N) is 2. The molecule has 0 aliphatic carbocycles. The van der Waals surface area contributed by atoms with Crippen molar-refractivity contribution in [2.45, 2.75) is 51.7 Å². The Morgan fingerprint density at radius 3 is 2.50 bits per heavy atom. The summed E-state index contributed by atoms with van der Waals surface area (Å²) in [6.07, 6.45) is 1.33. The van der Waals surface area contributed by atoms with Gasteiger partial charge in [0, 0.05) is 26.1 Å². The quantitative estimate of drug-likeness (QED) is 0.615. The maximum Gasteiger partial charge on any atom is 0.315 e. The Labute approximate surface area is 108 Å². The monoisotopic (exact) mass is 260 g/mol. The molecule has 0 aliphatic rings. The summed E-state index contributed by atoms with van der Waals surface area (Å²) in [7, 11) is 1.59. The third kappa shape index (κ3) is 8.81. The highest BCUT2D eigenvalue weighted by Crippen LogP contribution is 2.04. The second-order valence-corrected chi connectivity index (χ2v) is 4.98. The molecule has 106 valence electrons. The summed E-state index contributed by atoms with van der Waals surface area (Å²) in [6.45, 7) is 6.02. The maximum atomic E-state index is 11.5. The summed E-state index contributed by atoms with van der Waals surface area (Å²) in [5.41, 5.74) is -0.399. The summed E-state index contributed by atoms with van der Waals surface area (Å²) in [5.74, 6) is -0.812. The van der Waals surface area contributed by atoms with Crippen LogP contribution in [0.4, 0.5) is 4.79 Å². The average molecular weight is 260 g/mol. The number of urea groups is 1. The van der Waals surface area contributed by atoms with E-state index < -0.39 is 11.6 Å². The third-order valence-corrected chi connectivity index (χ3v) is 2.63. The minimum Gasteiger partial charge on any atom is -0.481 e. The van der Waals surface area contributed by atoms with Crippen LogP contribution >= 0.6 is 0 Å². The zero-order valence-corrected chi connectivity index (χ0v) is 11.6. The lowest BCUT2D eigenvalue weighted by atomic mass is 10.1. The second kappa shape index (κ2) is 7.92. The number of amides is 2. The fraction of sp³-hybridized carbons (Fsp3) is 0.833. The smallest absolute Gasteiger partial charge is 0.315 e.